The number of hydrogen-bond donors (Lipinski definition) is 0. The third-order valence-corrected chi connectivity index (χ3v) is 3.76. The van der Waals surface area contributed by atoms with E-state index in [1.165, 1.54) is 4.88 Å². The molecule has 0 saturated heterocycles. The van der Waals surface area contributed by atoms with E-state index in [-0.39, 0.29) is 0 Å². The summed E-state index contributed by atoms with van der Waals surface area (Å²) in [6, 6.07) is 4.71. The van der Waals surface area contributed by atoms with Crippen molar-refractivity contribution in [2.75, 3.05) is 0 Å². The lowest BCUT2D eigenvalue weighted by Gasteiger charge is -2.25. The van der Waals surface area contributed by atoms with Gasteiger partial charge >= 0.3 is 0 Å². The Labute approximate surface area is 116 Å². The number of nitrogens with zero attached hydrogens (tertiary/aromatic N) is 3. The van der Waals surface area contributed by atoms with Crippen molar-refractivity contribution in [1.82, 2.24) is 14.9 Å². The lowest BCUT2D eigenvalue weighted by molar-refractivity contribution is 0.203. The summed E-state index contributed by atoms with van der Waals surface area (Å²) < 4.78 is 0. The number of thiophene rings is 1. The third-order valence-electron chi connectivity index (χ3n) is 2.71. The monoisotopic (exact) mass is 281 g/mol. The Morgan fingerprint density at radius 3 is 2.67 bits per heavy atom. The fourth-order valence-electron chi connectivity index (χ4n) is 1.65. The predicted octanol–water partition coefficient (Wildman–Crippen LogP) is 3.60. The molecule has 0 unspecified atom stereocenters. The van der Waals surface area contributed by atoms with Crippen LogP contribution in [0.5, 0.6) is 0 Å². The zero-order valence-corrected chi connectivity index (χ0v) is 12.1. The highest BCUT2D eigenvalue weighted by Crippen LogP contribution is 2.16. The molecular weight excluding hydrogens is 266 g/mol. The van der Waals surface area contributed by atoms with E-state index in [1.807, 2.05) is 0 Å². The quantitative estimate of drug-likeness (QED) is 0.838. The van der Waals surface area contributed by atoms with Crippen LogP contribution in [0, 0.1) is 0 Å². The van der Waals surface area contributed by atoms with Crippen molar-refractivity contribution >= 4 is 22.9 Å². The molecule has 0 radical (unpaired) electrons. The Kier molecular flexibility index (Phi) is 4.69. The van der Waals surface area contributed by atoms with E-state index in [9.17, 15) is 0 Å². The van der Waals surface area contributed by atoms with Crippen molar-refractivity contribution in [2.24, 2.45) is 0 Å². The third kappa shape index (κ3) is 3.77. The number of halogens is 1. The Morgan fingerprint density at radius 2 is 2.11 bits per heavy atom. The van der Waals surface area contributed by atoms with Crippen LogP contribution in [0.4, 0.5) is 0 Å². The van der Waals surface area contributed by atoms with Crippen molar-refractivity contribution < 1.29 is 0 Å². The SMILES string of the molecule is CC(C)N(Cc1cnc(Cl)cn1)Cc1cccs1. The molecule has 0 aromatic carbocycles. The van der Waals surface area contributed by atoms with Crippen LogP contribution in [-0.4, -0.2) is 20.9 Å². The van der Waals surface area contributed by atoms with E-state index in [2.05, 4.69) is 46.2 Å². The van der Waals surface area contributed by atoms with Gasteiger partial charge in [-0.2, -0.15) is 0 Å². The Bertz CT molecular complexity index is 467. The molecule has 3 nitrogen and oxygen atoms in total. The highest BCUT2D eigenvalue weighted by Gasteiger charge is 2.12. The number of aromatic nitrogens is 2. The second kappa shape index (κ2) is 6.27. The van der Waals surface area contributed by atoms with Gasteiger partial charge in [-0.15, -0.1) is 11.3 Å². The van der Waals surface area contributed by atoms with Gasteiger partial charge in [-0.25, -0.2) is 4.98 Å². The van der Waals surface area contributed by atoms with E-state index < -0.39 is 0 Å². The standard InChI is InChI=1S/C13H16ClN3S/c1-10(2)17(9-12-4-3-5-18-12)8-11-6-16-13(14)7-15-11/h3-7,10H,8-9H2,1-2H3. The molecule has 2 aromatic heterocycles. The molecule has 0 fully saturated rings. The number of rotatable bonds is 5. The van der Waals surface area contributed by atoms with Crippen LogP contribution in [0.25, 0.3) is 0 Å². The molecule has 2 heterocycles. The van der Waals surface area contributed by atoms with Gasteiger partial charge in [0.05, 0.1) is 18.1 Å². The molecule has 0 amide bonds. The first-order valence-electron chi connectivity index (χ1n) is 5.88. The molecule has 0 bridgehead atoms. The van der Waals surface area contributed by atoms with Crippen LogP contribution in [0.2, 0.25) is 5.15 Å². The van der Waals surface area contributed by atoms with Crippen molar-refractivity contribution in [1.29, 1.82) is 0 Å². The van der Waals surface area contributed by atoms with Gasteiger partial charge in [-0.1, -0.05) is 17.7 Å². The molecule has 0 aliphatic rings. The van der Waals surface area contributed by atoms with Crippen LogP contribution in [0.3, 0.4) is 0 Å². The summed E-state index contributed by atoms with van der Waals surface area (Å²) in [5.41, 5.74) is 0.949. The van der Waals surface area contributed by atoms with Crippen LogP contribution in [0.1, 0.15) is 24.4 Å². The van der Waals surface area contributed by atoms with Crippen molar-refractivity contribution in [3.63, 3.8) is 0 Å². The van der Waals surface area contributed by atoms with Crippen LogP contribution >= 0.6 is 22.9 Å². The van der Waals surface area contributed by atoms with Gasteiger partial charge in [0.1, 0.15) is 5.15 Å². The van der Waals surface area contributed by atoms with Crippen molar-refractivity contribution in [3.05, 3.63) is 45.6 Å². The van der Waals surface area contributed by atoms with Gasteiger partial charge in [0.2, 0.25) is 0 Å². The van der Waals surface area contributed by atoms with E-state index in [4.69, 9.17) is 11.6 Å². The molecule has 0 spiro atoms. The van der Waals surface area contributed by atoms with Crippen LogP contribution in [0.15, 0.2) is 29.9 Å². The van der Waals surface area contributed by atoms with Gasteiger partial charge in [0.15, 0.2) is 0 Å². The molecule has 5 heteroatoms. The zero-order chi connectivity index (χ0) is 13.0. The molecule has 2 rings (SSSR count). The molecule has 96 valence electrons. The second-order valence-electron chi connectivity index (χ2n) is 4.41. The molecule has 0 aliphatic heterocycles. The van der Waals surface area contributed by atoms with Crippen molar-refractivity contribution in [2.45, 2.75) is 33.0 Å². The maximum absolute atomic E-state index is 5.74. The number of hydrogen-bond acceptors (Lipinski definition) is 4. The van der Waals surface area contributed by atoms with Crippen molar-refractivity contribution in [3.8, 4) is 0 Å². The fraction of sp³-hybridized carbons (Fsp3) is 0.385. The summed E-state index contributed by atoms with van der Waals surface area (Å²) in [7, 11) is 0. The summed E-state index contributed by atoms with van der Waals surface area (Å²) in [6.07, 6.45) is 3.34. The maximum atomic E-state index is 5.74. The molecule has 0 N–H and O–H groups in total. The van der Waals surface area contributed by atoms with E-state index >= 15 is 0 Å². The minimum absolute atomic E-state index is 0.438. The highest BCUT2D eigenvalue weighted by molar-refractivity contribution is 7.09. The fourth-order valence-corrected chi connectivity index (χ4v) is 2.48. The van der Waals surface area contributed by atoms with Gasteiger partial charge in [0, 0.05) is 24.0 Å². The Morgan fingerprint density at radius 1 is 1.28 bits per heavy atom. The van der Waals surface area contributed by atoms with E-state index in [0.29, 0.717) is 11.2 Å². The van der Waals surface area contributed by atoms with Gasteiger partial charge in [-0.05, 0) is 25.3 Å². The second-order valence-corrected chi connectivity index (χ2v) is 5.83. The predicted molar refractivity (Wildman–Crippen MR) is 75.7 cm³/mol. The summed E-state index contributed by atoms with van der Waals surface area (Å²) >= 11 is 7.52. The zero-order valence-electron chi connectivity index (χ0n) is 10.5. The van der Waals surface area contributed by atoms with Gasteiger partial charge in [0.25, 0.3) is 0 Å². The first kappa shape index (κ1) is 13.5. The minimum Gasteiger partial charge on any atom is -0.290 e. The topological polar surface area (TPSA) is 29.0 Å². The first-order valence-corrected chi connectivity index (χ1v) is 7.14. The maximum Gasteiger partial charge on any atom is 0.147 e. The average Bonchev–Trinajstić information content (AvgIpc) is 2.84. The smallest absolute Gasteiger partial charge is 0.147 e. The highest BCUT2D eigenvalue weighted by atomic mass is 35.5. The van der Waals surface area contributed by atoms with E-state index in [0.717, 1.165) is 18.8 Å². The lowest BCUT2D eigenvalue weighted by atomic mass is 10.2. The van der Waals surface area contributed by atoms with E-state index in [1.54, 1.807) is 23.7 Å². The molecule has 0 saturated carbocycles. The Hall–Kier alpha value is -0.970. The van der Waals surface area contributed by atoms with Crippen LogP contribution < -0.4 is 0 Å². The summed E-state index contributed by atoms with van der Waals surface area (Å²) in [6.45, 7) is 6.12. The molecule has 2 aromatic rings. The molecule has 0 atom stereocenters. The summed E-state index contributed by atoms with van der Waals surface area (Å²) in [5.74, 6) is 0. The Balaban J connectivity index is 2.04. The average molecular weight is 282 g/mol. The van der Waals surface area contributed by atoms with Gasteiger partial charge in [-0.3, -0.25) is 9.88 Å². The first-order chi connectivity index (χ1) is 8.65. The van der Waals surface area contributed by atoms with Gasteiger partial charge < -0.3 is 0 Å². The molecule has 18 heavy (non-hydrogen) atoms. The molecule has 0 aliphatic carbocycles. The van der Waals surface area contributed by atoms with Crippen LogP contribution in [-0.2, 0) is 13.1 Å². The summed E-state index contributed by atoms with van der Waals surface area (Å²) in [4.78, 5) is 12.1. The lowest BCUT2D eigenvalue weighted by Crippen LogP contribution is -2.29. The minimum atomic E-state index is 0.438. The summed E-state index contributed by atoms with van der Waals surface area (Å²) in [5, 5.41) is 2.55. The molecular formula is C13H16ClN3S. The normalized spacial score (nSPS) is 11.4. The largest absolute Gasteiger partial charge is 0.290 e.